The van der Waals surface area contributed by atoms with Crippen molar-refractivity contribution in [3.05, 3.63) is 47.8 Å². The highest BCUT2D eigenvalue weighted by molar-refractivity contribution is 5.89. The fraction of sp³-hybridized carbons (Fsp3) is 0.560. The summed E-state index contributed by atoms with van der Waals surface area (Å²) in [4.78, 5) is 12.1. The Morgan fingerprint density at radius 3 is 2.55 bits per heavy atom. The normalized spacial score (nSPS) is 29.0. The van der Waals surface area contributed by atoms with Gasteiger partial charge >= 0.3 is 0 Å². The molecule has 1 unspecified atom stereocenters. The molecule has 166 valence electrons. The van der Waals surface area contributed by atoms with Crippen molar-refractivity contribution in [3.8, 4) is 0 Å². The first-order valence-corrected chi connectivity index (χ1v) is 11.7. The number of aryl methyl sites for hydroxylation is 1. The average molecular weight is 421 g/mol. The smallest absolute Gasteiger partial charge is 0.123 e. The largest absolute Gasteiger partial charge is 0.367 e. The second-order valence-corrected chi connectivity index (χ2v) is 9.70. The molecule has 6 nitrogen and oxygen atoms in total. The van der Waals surface area contributed by atoms with E-state index >= 15 is 0 Å². The Morgan fingerprint density at radius 2 is 1.77 bits per heavy atom. The van der Waals surface area contributed by atoms with E-state index in [0.717, 1.165) is 39.0 Å². The summed E-state index contributed by atoms with van der Waals surface area (Å²) in [5.74, 6) is 0. The van der Waals surface area contributed by atoms with E-state index in [1.165, 1.54) is 34.7 Å². The summed E-state index contributed by atoms with van der Waals surface area (Å²) < 4.78 is 0. The number of rotatable bonds is 3. The minimum Gasteiger partial charge on any atom is -0.367 e. The van der Waals surface area contributed by atoms with Gasteiger partial charge in [-0.15, -0.1) is 0 Å². The lowest BCUT2D eigenvalue weighted by molar-refractivity contribution is 0.243. The fourth-order valence-corrected chi connectivity index (χ4v) is 5.61. The van der Waals surface area contributed by atoms with Gasteiger partial charge in [0.1, 0.15) is 5.66 Å². The van der Waals surface area contributed by atoms with Crippen LogP contribution in [0.2, 0.25) is 0 Å². The van der Waals surface area contributed by atoms with E-state index < -0.39 is 0 Å². The molecule has 0 amide bonds. The Hall–Kier alpha value is -2.31. The molecule has 2 fully saturated rings. The zero-order valence-electron chi connectivity index (χ0n) is 19.4. The van der Waals surface area contributed by atoms with Crippen molar-refractivity contribution in [3.63, 3.8) is 0 Å². The van der Waals surface area contributed by atoms with E-state index in [-0.39, 0.29) is 5.66 Å². The molecule has 0 aliphatic carbocycles. The van der Waals surface area contributed by atoms with Crippen LogP contribution in [0.4, 0.5) is 17.1 Å². The Morgan fingerprint density at radius 1 is 1.00 bits per heavy atom. The highest BCUT2D eigenvalue weighted by Gasteiger charge is 2.46. The molecule has 0 bridgehead atoms. The van der Waals surface area contributed by atoms with Crippen molar-refractivity contribution in [2.45, 2.75) is 50.9 Å². The fourth-order valence-electron chi connectivity index (χ4n) is 5.61. The molecular formula is C25H36N6. The third-order valence-electron chi connectivity index (χ3n) is 7.75. The van der Waals surface area contributed by atoms with Crippen LogP contribution in [0, 0.1) is 6.92 Å². The van der Waals surface area contributed by atoms with Crippen LogP contribution in [0.15, 0.2) is 36.5 Å². The van der Waals surface area contributed by atoms with Crippen LogP contribution in [0.1, 0.15) is 43.5 Å². The second-order valence-electron chi connectivity index (χ2n) is 9.70. The molecule has 0 saturated carbocycles. The van der Waals surface area contributed by atoms with E-state index in [1.54, 1.807) is 0 Å². The quantitative estimate of drug-likeness (QED) is 0.791. The number of nitrogens with one attached hydrogen (secondary N) is 2. The number of benzene rings is 1. The average Bonchev–Trinajstić information content (AvgIpc) is 3.06. The van der Waals surface area contributed by atoms with Gasteiger partial charge in [-0.2, -0.15) is 0 Å². The van der Waals surface area contributed by atoms with Crippen molar-refractivity contribution in [1.82, 2.24) is 15.2 Å². The van der Waals surface area contributed by atoms with Crippen LogP contribution in [0.25, 0.3) is 0 Å². The Kier molecular flexibility index (Phi) is 5.30. The number of pyridine rings is 1. The predicted octanol–water partition coefficient (Wildman–Crippen LogP) is 3.60. The van der Waals surface area contributed by atoms with Gasteiger partial charge in [0.05, 0.1) is 28.8 Å². The van der Waals surface area contributed by atoms with Crippen LogP contribution in [0.5, 0.6) is 0 Å². The van der Waals surface area contributed by atoms with Crippen molar-refractivity contribution >= 4 is 17.1 Å². The van der Waals surface area contributed by atoms with E-state index in [2.05, 4.69) is 77.5 Å². The Balaban J connectivity index is 1.41. The molecule has 3 atom stereocenters. The number of likely N-dealkylation sites (N-methyl/N-ethyl adjacent to an activating group) is 2. The number of piperazine rings is 1. The number of nitrogens with zero attached hydrogens (tertiary/aromatic N) is 4. The number of anilines is 3. The monoisotopic (exact) mass is 420 g/mol. The number of hydrogen-bond acceptors (Lipinski definition) is 6. The molecule has 0 spiro atoms. The van der Waals surface area contributed by atoms with Gasteiger partial charge in [0.2, 0.25) is 0 Å². The molecule has 5 rings (SSSR count). The van der Waals surface area contributed by atoms with Crippen molar-refractivity contribution in [2.75, 3.05) is 55.4 Å². The SMILES string of the molecule is Cc1cccnc1[C@@H]1CCC[C@H](C2(C)Nc3c(N4CCN(C)CC4)cccc3N2C)N1. The van der Waals surface area contributed by atoms with Crippen LogP contribution < -0.4 is 20.4 Å². The Bertz CT molecular complexity index is 937. The zero-order chi connectivity index (χ0) is 21.6. The predicted molar refractivity (Wildman–Crippen MR) is 129 cm³/mol. The van der Waals surface area contributed by atoms with Gasteiger partial charge in [0, 0.05) is 45.5 Å². The van der Waals surface area contributed by atoms with Crippen LogP contribution in [0.3, 0.4) is 0 Å². The minimum atomic E-state index is -0.174. The maximum atomic E-state index is 4.72. The first kappa shape index (κ1) is 20.6. The maximum Gasteiger partial charge on any atom is 0.123 e. The Labute approximate surface area is 186 Å². The molecular weight excluding hydrogens is 384 g/mol. The summed E-state index contributed by atoms with van der Waals surface area (Å²) >= 11 is 0. The third-order valence-corrected chi connectivity index (χ3v) is 7.75. The molecule has 1 aromatic heterocycles. The highest BCUT2D eigenvalue weighted by Crippen LogP contribution is 2.47. The van der Waals surface area contributed by atoms with Crippen LogP contribution >= 0.6 is 0 Å². The number of para-hydroxylation sites is 1. The minimum absolute atomic E-state index is 0.174. The molecule has 3 aliphatic heterocycles. The molecule has 31 heavy (non-hydrogen) atoms. The lowest BCUT2D eigenvalue weighted by atomic mass is 9.88. The summed E-state index contributed by atoms with van der Waals surface area (Å²) in [7, 11) is 4.45. The third kappa shape index (κ3) is 3.56. The molecule has 2 N–H and O–H groups in total. The lowest BCUT2D eigenvalue weighted by Crippen LogP contribution is -2.62. The summed E-state index contributed by atoms with van der Waals surface area (Å²) in [6.07, 6.45) is 5.44. The molecule has 2 aromatic rings. The topological polar surface area (TPSA) is 46.7 Å². The van der Waals surface area contributed by atoms with Gasteiger partial charge in [0.25, 0.3) is 0 Å². The summed E-state index contributed by atoms with van der Waals surface area (Å²) in [6.45, 7) is 8.92. The summed E-state index contributed by atoms with van der Waals surface area (Å²) in [5, 5.41) is 7.96. The van der Waals surface area contributed by atoms with Crippen molar-refractivity contribution in [1.29, 1.82) is 0 Å². The summed E-state index contributed by atoms with van der Waals surface area (Å²) in [6, 6.07) is 11.6. The number of piperidine rings is 1. The molecule has 2 saturated heterocycles. The van der Waals surface area contributed by atoms with E-state index in [4.69, 9.17) is 4.98 Å². The van der Waals surface area contributed by atoms with Gasteiger partial charge in [-0.3, -0.25) is 4.98 Å². The molecule has 1 aromatic carbocycles. The van der Waals surface area contributed by atoms with Crippen LogP contribution in [-0.2, 0) is 0 Å². The first-order valence-electron chi connectivity index (χ1n) is 11.7. The number of hydrogen-bond donors (Lipinski definition) is 2. The van der Waals surface area contributed by atoms with Crippen molar-refractivity contribution < 1.29 is 0 Å². The number of fused-ring (bicyclic) bond motifs is 1. The van der Waals surface area contributed by atoms with Gasteiger partial charge in [-0.1, -0.05) is 12.1 Å². The first-order chi connectivity index (χ1) is 15.0. The zero-order valence-corrected chi connectivity index (χ0v) is 19.4. The number of aromatic nitrogens is 1. The second kappa shape index (κ2) is 7.99. The molecule has 3 aliphatic rings. The van der Waals surface area contributed by atoms with E-state index in [0.29, 0.717) is 12.1 Å². The molecule has 0 radical (unpaired) electrons. The standard InChI is InChI=1S/C25H36N6/c1-18-8-7-13-26-23(18)19-9-5-12-22(27-19)25(2)28-24-20(30(25)4)10-6-11-21(24)31-16-14-29(3)15-17-31/h6-8,10-11,13,19,22,27-28H,5,9,12,14-17H2,1-4H3/t19-,22+,25?/m0/s1. The van der Waals surface area contributed by atoms with Crippen molar-refractivity contribution in [2.24, 2.45) is 0 Å². The molecule has 4 heterocycles. The van der Waals surface area contributed by atoms with E-state index in [9.17, 15) is 0 Å². The van der Waals surface area contributed by atoms with E-state index in [1.807, 2.05) is 12.3 Å². The maximum absolute atomic E-state index is 4.72. The van der Waals surface area contributed by atoms with Gasteiger partial charge in [-0.25, -0.2) is 0 Å². The van der Waals surface area contributed by atoms with Gasteiger partial charge in [0.15, 0.2) is 0 Å². The molecule has 6 heteroatoms. The highest BCUT2D eigenvalue weighted by atomic mass is 15.4. The lowest BCUT2D eigenvalue weighted by Gasteiger charge is -2.45. The van der Waals surface area contributed by atoms with Gasteiger partial charge in [-0.05, 0) is 63.9 Å². The van der Waals surface area contributed by atoms with Gasteiger partial charge < -0.3 is 25.3 Å². The summed E-state index contributed by atoms with van der Waals surface area (Å²) in [5.41, 5.74) is 6.24. The van der Waals surface area contributed by atoms with Crippen LogP contribution in [-0.4, -0.2) is 61.9 Å².